The summed E-state index contributed by atoms with van der Waals surface area (Å²) >= 11 is 3.38. The van der Waals surface area contributed by atoms with Gasteiger partial charge in [-0.15, -0.1) is 5.10 Å². The third-order valence-corrected chi connectivity index (χ3v) is 4.59. The molecule has 0 amide bonds. The number of aromatic nitrogens is 4. The van der Waals surface area contributed by atoms with Crippen LogP contribution in [0.15, 0.2) is 34.9 Å². The maximum absolute atomic E-state index is 12.9. The Balaban J connectivity index is 1.98. The first-order valence-corrected chi connectivity index (χ1v) is 9.16. The zero-order valence-electron chi connectivity index (χ0n) is 15.3. The van der Waals surface area contributed by atoms with Crippen LogP contribution in [-0.4, -0.2) is 31.3 Å². The number of pyridine rings is 1. The van der Waals surface area contributed by atoms with Gasteiger partial charge in [-0.3, -0.25) is 0 Å². The van der Waals surface area contributed by atoms with Gasteiger partial charge in [0.15, 0.2) is 6.10 Å². The number of benzene rings is 1. The Bertz CT molecular complexity index is 999. The van der Waals surface area contributed by atoms with Gasteiger partial charge in [-0.1, -0.05) is 26.0 Å². The summed E-state index contributed by atoms with van der Waals surface area (Å²) in [4.78, 5) is 3.84. The average Bonchev–Trinajstić information content (AvgIpc) is 2.98. The number of aliphatic hydroxyl groups excluding tert-OH is 1. The number of fused-ring (bicyclic) bond motifs is 1. The Hall–Kier alpha value is -2.20. The Morgan fingerprint density at radius 1 is 1.21 bits per heavy atom. The van der Waals surface area contributed by atoms with Crippen molar-refractivity contribution in [2.75, 3.05) is 0 Å². The molecule has 3 aromatic rings. The van der Waals surface area contributed by atoms with Crippen molar-refractivity contribution < 1.29 is 23.0 Å². The highest BCUT2D eigenvalue weighted by Crippen LogP contribution is 2.40. The predicted molar refractivity (Wildman–Crippen MR) is 100 cm³/mol. The SMILES string of the molecule is CC(C)(C)Cn1nnc2c(Br)c(Oc3ncccc3C(O)C(F)(F)F)ccc21. The molecule has 28 heavy (non-hydrogen) atoms. The van der Waals surface area contributed by atoms with Crippen LogP contribution in [0.2, 0.25) is 0 Å². The molecule has 0 saturated heterocycles. The fraction of sp³-hybridized carbons (Fsp3) is 0.389. The van der Waals surface area contributed by atoms with E-state index in [9.17, 15) is 18.3 Å². The van der Waals surface area contributed by atoms with E-state index in [0.29, 0.717) is 16.5 Å². The molecular weight excluding hydrogens is 441 g/mol. The molecule has 10 heteroatoms. The van der Waals surface area contributed by atoms with E-state index in [1.807, 2.05) is 0 Å². The van der Waals surface area contributed by atoms with Gasteiger partial charge in [-0.05, 0) is 45.6 Å². The number of ether oxygens (including phenoxy) is 1. The minimum Gasteiger partial charge on any atom is -0.437 e. The molecular formula is C18H18BrF3N4O2. The smallest absolute Gasteiger partial charge is 0.418 e. The molecule has 0 aliphatic rings. The average molecular weight is 459 g/mol. The Kier molecular flexibility index (Phi) is 5.37. The summed E-state index contributed by atoms with van der Waals surface area (Å²) in [5, 5.41) is 17.9. The van der Waals surface area contributed by atoms with Crippen LogP contribution in [-0.2, 0) is 6.54 Å². The van der Waals surface area contributed by atoms with Crippen LogP contribution >= 0.6 is 15.9 Å². The number of rotatable bonds is 4. The van der Waals surface area contributed by atoms with E-state index in [1.54, 1.807) is 16.8 Å². The van der Waals surface area contributed by atoms with E-state index in [0.717, 1.165) is 11.6 Å². The summed E-state index contributed by atoms with van der Waals surface area (Å²) < 4.78 is 46.5. The minimum absolute atomic E-state index is 0.0150. The van der Waals surface area contributed by atoms with Gasteiger partial charge in [0, 0.05) is 12.7 Å². The first kappa shape index (κ1) is 20.5. The third-order valence-electron chi connectivity index (χ3n) is 3.83. The molecule has 1 N–H and O–H groups in total. The van der Waals surface area contributed by atoms with Gasteiger partial charge in [-0.2, -0.15) is 13.2 Å². The number of hydrogen-bond acceptors (Lipinski definition) is 5. The van der Waals surface area contributed by atoms with Gasteiger partial charge in [0.05, 0.1) is 15.6 Å². The van der Waals surface area contributed by atoms with Gasteiger partial charge in [0.1, 0.15) is 11.3 Å². The molecule has 150 valence electrons. The van der Waals surface area contributed by atoms with Crippen LogP contribution < -0.4 is 4.74 Å². The molecule has 3 rings (SSSR count). The Morgan fingerprint density at radius 2 is 1.93 bits per heavy atom. The molecule has 1 unspecified atom stereocenters. The molecule has 2 aromatic heterocycles. The van der Waals surface area contributed by atoms with Crippen LogP contribution in [0.4, 0.5) is 13.2 Å². The van der Waals surface area contributed by atoms with Gasteiger partial charge < -0.3 is 9.84 Å². The second-order valence-electron chi connectivity index (χ2n) is 7.50. The number of hydrogen-bond donors (Lipinski definition) is 1. The van der Waals surface area contributed by atoms with Gasteiger partial charge in [0.25, 0.3) is 0 Å². The molecule has 1 aromatic carbocycles. The van der Waals surface area contributed by atoms with Gasteiger partial charge in [0.2, 0.25) is 5.88 Å². The first-order chi connectivity index (χ1) is 13.0. The van der Waals surface area contributed by atoms with Gasteiger partial charge in [-0.25, -0.2) is 9.67 Å². The second kappa shape index (κ2) is 7.32. The topological polar surface area (TPSA) is 73.1 Å². The molecule has 6 nitrogen and oxygen atoms in total. The van der Waals surface area contributed by atoms with Crippen LogP contribution in [0, 0.1) is 5.41 Å². The number of aliphatic hydroxyl groups is 1. The van der Waals surface area contributed by atoms with Crippen molar-refractivity contribution in [3.63, 3.8) is 0 Å². The van der Waals surface area contributed by atoms with E-state index >= 15 is 0 Å². The Labute approximate surface area is 167 Å². The van der Waals surface area contributed by atoms with Crippen LogP contribution in [0.25, 0.3) is 11.0 Å². The maximum atomic E-state index is 12.9. The lowest BCUT2D eigenvalue weighted by molar-refractivity contribution is -0.207. The van der Waals surface area contributed by atoms with Crippen LogP contribution in [0.3, 0.4) is 0 Å². The van der Waals surface area contributed by atoms with Crippen LogP contribution in [0.5, 0.6) is 11.6 Å². The molecule has 0 fully saturated rings. The molecule has 0 saturated carbocycles. The zero-order valence-corrected chi connectivity index (χ0v) is 16.9. The lowest BCUT2D eigenvalue weighted by atomic mass is 9.97. The Morgan fingerprint density at radius 3 is 2.57 bits per heavy atom. The third kappa shape index (κ3) is 4.27. The van der Waals surface area contributed by atoms with Crippen molar-refractivity contribution in [2.24, 2.45) is 5.41 Å². The van der Waals surface area contributed by atoms with Crippen molar-refractivity contribution in [1.82, 2.24) is 20.0 Å². The summed E-state index contributed by atoms with van der Waals surface area (Å²) in [7, 11) is 0. The maximum Gasteiger partial charge on any atom is 0.418 e. The summed E-state index contributed by atoms with van der Waals surface area (Å²) in [6, 6.07) is 5.73. The van der Waals surface area contributed by atoms with Gasteiger partial charge >= 0.3 is 6.18 Å². The molecule has 1 atom stereocenters. The monoisotopic (exact) mass is 458 g/mol. The minimum atomic E-state index is -4.84. The van der Waals surface area contributed by atoms with Crippen molar-refractivity contribution in [2.45, 2.75) is 39.6 Å². The summed E-state index contributed by atoms with van der Waals surface area (Å²) in [6.07, 6.45) is -6.25. The molecule has 0 aliphatic heterocycles. The van der Waals surface area contributed by atoms with Crippen molar-refractivity contribution in [3.05, 3.63) is 40.5 Å². The predicted octanol–water partition coefficient (Wildman–Crippen LogP) is 5.02. The molecule has 0 radical (unpaired) electrons. The fourth-order valence-electron chi connectivity index (χ4n) is 2.61. The normalized spacial score (nSPS) is 13.7. The lowest BCUT2D eigenvalue weighted by Gasteiger charge is -2.18. The lowest BCUT2D eigenvalue weighted by Crippen LogP contribution is -2.21. The molecule has 0 spiro atoms. The summed E-state index contributed by atoms with van der Waals surface area (Å²) in [5.41, 5.74) is 0.776. The van der Waals surface area contributed by atoms with E-state index in [1.165, 1.54) is 12.3 Å². The molecule has 0 aliphatic carbocycles. The van der Waals surface area contributed by atoms with E-state index in [2.05, 4.69) is 52.0 Å². The molecule has 0 bridgehead atoms. The number of halogens is 4. The van der Waals surface area contributed by atoms with E-state index < -0.39 is 17.8 Å². The molecule has 2 heterocycles. The van der Waals surface area contributed by atoms with E-state index in [-0.39, 0.29) is 17.0 Å². The van der Waals surface area contributed by atoms with E-state index in [4.69, 9.17) is 4.74 Å². The van der Waals surface area contributed by atoms with Crippen molar-refractivity contribution in [3.8, 4) is 11.6 Å². The highest BCUT2D eigenvalue weighted by atomic mass is 79.9. The summed E-state index contributed by atoms with van der Waals surface area (Å²) in [5.74, 6) is -0.126. The van der Waals surface area contributed by atoms with Crippen LogP contribution in [0.1, 0.15) is 32.4 Å². The highest BCUT2D eigenvalue weighted by Gasteiger charge is 2.41. The highest BCUT2D eigenvalue weighted by molar-refractivity contribution is 9.10. The van der Waals surface area contributed by atoms with Crippen molar-refractivity contribution in [1.29, 1.82) is 0 Å². The zero-order chi connectivity index (χ0) is 20.7. The fourth-order valence-corrected chi connectivity index (χ4v) is 3.10. The largest absolute Gasteiger partial charge is 0.437 e. The summed E-state index contributed by atoms with van der Waals surface area (Å²) in [6.45, 7) is 6.85. The quantitative estimate of drug-likeness (QED) is 0.593. The first-order valence-electron chi connectivity index (χ1n) is 8.36. The number of alkyl halides is 3. The number of nitrogens with zero attached hydrogens (tertiary/aromatic N) is 4. The second-order valence-corrected chi connectivity index (χ2v) is 8.29. The standard InChI is InChI=1S/C18H18BrF3N4O2/c1-17(2,3)9-26-11-6-7-12(13(19)14(11)24-25-26)28-16-10(5-4-8-23-16)15(27)18(20,21)22/h4-8,15,27H,9H2,1-3H3. The van der Waals surface area contributed by atoms with Crippen molar-refractivity contribution >= 4 is 27.0 Å².